The van der Waals surface area contributed by atoms with Crippen LogP contribution in [0.1, 0.15) is 26.7 Å². The van der Waals surface area contributed by atoms with Crippen molar-refractivity contribution in [2.45, 2.75) is 37.1 Å². The Morgan fingerprint density at radius 1 is 1.54 bits per heavy atom. The Hall–Kier alpha value is 0.0500. The van der Waals surface area contributed by atoms with Crippen molar-refractivity contribution < 1.29 is 4.79 Å². The number of nitrogens with zero attached hydrogens (tertiary/aromatic N) is 1. The SMILES string of the molecule is CC1CCN1C(=O)C1(C)CC1(Cl)Cl. The first-order chi connectivity index (χ1) is 5.88. The fraction of sp³-hybridized carbons (Fsp3) is 0.889. The summed E-state index contributed by atoms with van der Waals surface area (Å²) in [6.07, 6.45) is 1.69. The van der Waals surface area contributed by atoms with Crippen molar-refractivity contribution in [3.63, 3.8) is 0 Å². The minimum Gasteiger partial charge on any atom is -0.339 e. The molecule has 1 saturated heterocycles. The van der Waals surface area contributed by atoms with Crippen molar-refractivity contribution in [3.05, 3.63) is 0 Å². The zero-order valence-electron chi connectivity index (χ0n) is 7.81. The summed E-state index contributed by atoms with van der Waals surface area (Å²) in [5.41, 5.74) is -0.523. The largest absolute Gasteiger partial charge is 0.339 e. The van der Waals surface area contributed by atoms with Crippen LogP contribution >= 0.6 is 23.2 Å². The number of amides is 1. The maximum absolute atomic E-state index is 11.9. The predicted molar refractivity (Wildman–Crippen MR) is 53.0 cm³/mol. The summed E-state index contributed by atoms with van der Waals surface area (Å²) in [4.78, 5) is 13.8. The molecule has 0 N–H and O–H groups in total. The minimum absolute atomic E-state index is 0.122. The Bertz CT molecular complexity index is 266. The molecule has 1 aliphatic carbocycles. The van der Waals surface area contributed by atoms with Crippen molar-refractivity contribution in [1.29, 1.82) is 0 Å². The van der Waals surface area contributed by atoms with Crippen LogP contribution in [0.15, 0.2) is 0 Å². The van der Waals surface area contributed by atoms with E-state index in [1.165, 1.54) is 0 Å². The smallest absolute Gasteiger partial charge is 0.231 e. The van der Waals surface area contributed by atoms with E-state index >= 15 is 0 Å². The van der Waals surface area contributed by atoms with Gasteiger partial charge in [-0.2, -0.15) is 0 Å². The molecular weight excluding hydrogens is 209 g/mol. The van der Waals surface area contributed by atoms with E-state index in [1.807, 2.05) is 11.8 Å². The molecule has 0 aromatic carbocycles. The Morgan fingerprint density at radius 3 is 2.31 bits per heavy atom. The standard InChI is InChI=1S/C9H13Cl2NO/c1-6-3-4-12(6)7(13)8(2)5-9(8,10)11/h6H,3-5H2,1-2H3. The lowest BCUT2D eigenvalue weighted by atomic mass is 10.00. The molecule has 0 bridgehead atoms. The Labute approximate surface area is 88.2 Å². The maximum atomic E-state index is 11.9. The molecule has 1 aliphatic heterocycles. The van der Waals surface area contributed by atoms with Gasteiger partial charge in [-0.1, -0.05) is 0 Å². The van der Waals surface area contributed by atoms with Crippen LogP contribution < -0.4 is 0 Å². The van der Waals surface area contributed by atoms with Gasteiger partial charge in [-0.15, -0.1) is 23.2 Å². The van der Waals surface area contributed by atoms with Gasteiger partial charge in [-0.05, 0) is 26.7 Å². The second-order valence-electron chi connectivity index (χ2n) is 4.35. The zero-order chi connectivity index (χ0) is 9.85. The fourth-order valence-corrected chi connectivity index (χ4v) is 2.46. The van der Waals surface area contributed by atoms with Gasteiger partial charge < -0.3 is 4.90 Å². The first-order valence-electron chi connectivity index (χ1n) is 4.57. The molecule has 0 aromatic heterocycles. The number of carbonyl (C=O) groups excluding carboxylic acids is 1. The normalized spacial score (nSPS) is 41.2. The molecule has 2 atom stereocenters. The number of hydrogen-bond acceptors (Lipinski definition) is 1. The van der Waals surface area contributed by atoms with Crippen molar-refractivity contribution in [3.8, 4) is 0 Å². The first-order valence-corrected chi connectivity index (χ1v) is 5.33. The molecule has 13 heavy (non-hydrogen) atoms. The number of likely N-dealkylation sites (tertiary alicyclic amines) is 1. The van der Waals surface area contributed by atoms with Crippen LogP contribution in [0, 0.1) is 5.41 Å². The molecule has 1 amide bonds. The Morgan fingerprint density at radius 2 is 2.08 bits per heavy atom. The molecule has 2 fully saturated rings. The van der Waals surface area contributed by atoms with Crippen LogP contribution in [0.2, 0.25) is 0 Å². The second kappa shape index (κ2) is 2.54. The highest BCUT2D eigenvalue weighted by atomic mass is 35.5. The second-order valence-corrected chi connectivity index (χ2v) is 5.83. The lowest BCUT2D eigenvalue weighted by Crippen LogP contribution is -2.52. The average molecular weight is 222 g/mol. The summed E-state index contributed by atoms with van der Waals surface area (Å²) in [6.45, 7) is 4.76. The highest BCUT2D eigenvalue weighted by molar-refractivity contribution is 6.53. The molecule has 2 unspecified atom stereocenters. The first kappa shape index (κ1) is 9.60. The van der Waals surface area contributed by atoms with Crippen molar-refractivity contribution in [1.82, 2.24) is 4.90 Å². The van der Waals surface area contributed by atoms with Crippen LogP contribution in [0.5, 0.6) is 0 Å². The molecule has 4 heteroatoms. The summed E-state index contributed by atoms with van der Waals surface area (Å²) in [7, 11) is 0. The van der Waals surface area contributed by atoms with Gasteiger partial charge in [0.25, 0.3) is 0 Å². The van der Waals surface area contributed by atoms with Crippen LogP contribution in [-0.4, -0.2) is 27.7 Å². The minimum atomic E-state index is -0.820. The lowest BCUT2D eigenvalue weighted by Gasteiger charge is -2.40. The van der Waals surface area contributed by atoms with Crippen LogP contribution in [0.25, 0.3) is 0 Å². The lowest BCUT2D eigenvalue weighted by molar-refractivity contribution is -0.143. The van der Waals surface area contributed by atoms with E-state index in [9.17, 15) is 4.79 Å². The van der Waals surface area contributed by atoms with E-state index in [-0.39, 0.29) is 5.91 Å². The van der Waals surface area contributed by atoms with Gasteiger partial charge >= 0.3 is 0 Å². The van der Waals surface area contributed by atoms with E-state index in [2.05, 4.69) is 6.92 Å². The molecule has 74 valence electrons. The zero-order valence-corrected chi connectivity index (χ0v) is 9.32. The molecule has 1 saturated carbocycles. The summed E-state index contributed by atoms with van der Waals surface area (Å²) in [6, 6.07) is 0.369. The molecule has 0 spiro atoms. The molecule has 2 aliphatic rings. The van der Waals surface area contributed by atoms with Crippen molar-refractivity contribution >= 4 is 29.1 Å². The number of carbonyl (C=O) groups is 1. The summed E-state index contributed by atoms with van der Waals surface area (Å²) < 4.78 is -0.820. The Kier molecular flexibility index (Phi) is 1.88. The van der Waals surface area contributed by atoms with E-state index in [4.69, 9.17) is 23.2 Å². The molecule has 2 rings (SSSR count). The topological polar surface area (TPSA) is 20.3 Å². The van der Waals surface area contributed by atoms with E-state index in [0.717, 1.165) is 13.0 Å². The highest BCUT2D eigenvalue weighted by Crippen LogP contribution is 2.64. The average Bonchev–Trinajstić information content (AvgIpc) is 2.50. The van der Waals surface area contributed by atoms with E-state index in [1.54, 1.807) is 0 Å². The number of halogens is 2. The van der Waals surface area contributed by atoms with Gasteiger partial charge in [0.2, 0.25) is 5.91 Å². The monoisotopic (exact) mass is 221 g/mol. The summed E-state index contributed by atoms with van der Waals surface area (Å²) >= 11 is 11.9. The molecule has 2 nitrogen and oxygen atoms in total. The molecule has 0 radical (unpaired) electrons. The summed E-state index contributed by atoms with van der Waals surface area (Å²) in [5, 5.41) is 0. The number of hydrogen-bond donors (Lipinski definition) is 0. The summed E-state index contributed by atoms with van der Waals surface area (Å²) in [5.74, 6) is 0.122. The third-order valence-electron chi connectivity index (χ3n) is 3.31. The van der Waals surface area contributed by atoms with Crippen LogP contribution in [0.4, 0.5) is 0 Å². The maximum Gasteiger partial charge on any atom is 0.231 e. The molecular formula is C9H13Cl2NO. The van der Waals surface area contributed by atoms with Gasteiger partial charge in [-0.25, -0.2) is 0 Å². The van der Waals surface area contributed by atoms with Crippen LogP contribution in [-0.2, 0) is 4.79 Å². The third kappa shape index (κ3) is 1.18. The van der Waals surface area contributed by atoms with Gasteiger partial charge in [0, 0.05) is 12.6 Å². The fourth-order valence-electron chi connectivity index (χ4n) is 1.77. The van der Waals surface area contributed by atoms with E-state index in [0.29, 0.717) is 12.5 Å². The van der Waals surface area contributed by atoms with Gasteiger partial charge in [0.15, 0.2) is 0 Å². The number of alkyl halides is 2. The van der Waals surface area contributed by atoms with Crippen molar-refractivity contribution in [2.24, 2.45) is 5.41 Å². The van der Waals surface area contributed by atoms with Gasteiger partial charge in [-0.3, -0.25) is 4.79 Å². The Balaban J connectivity index is 2.07. The molecule has 1 heterocycles. The third-order valence-corrected chi connectivity index (χ3v) is 4.41. The number of rotatable bonds is 1. The van der Waals surface area contributed by atoms with Gasteiger partial charge in [0.05, 0.1) is 5.41 Å². The molecule has 0 aromatic rings. The quantitative estimate of drug-likeness (QED) is 0.623. The van der Waals surface area contributed by atoms with Gasteiger partial charge in [0.1, 0.15) is 4.33 Å². The van der Waals surface area contributed by atoms with Crippen LogP contribution in [0.3, 0.4) is 0 Å². The van der Waals surface area contributed by atoms with E-state index < -0.39 is 9.75 Å². The predicted octanol–water partition coefficient (Wildman–Crippen LogP) is 2.19. The van der Waals surface area contributed by atoms with Crippen molar-refractivity contribution in [2.75, 3.05) is 6.54 Å². The highest BCUT2D eigenvalue weighted by Gasteiger charge is 2.69.